The van der Waals surface area contributed by atoms with Crippen molar-refractivity contribution in [3.05, 3.63) is 21.3 Å². The van der Waals surface area contributed by atoms with Crippen molar-refractivity contribution in [3.63, 3.8) is 0 Å². The number of carbonyl (C=O) groups is 2. The van der Waals surface area contributed by atoms with Gasteiger partial charge >= 0.3 is 0 Å². The summed E-state index contributed by atoms with van der Waals surface area (Å²) >= 11 is 2.07. The fraction of sp³-hybridized carbons (Fsp3) is 0.556. The minimum absolute atomic E-state index is 0.0809. The average Bonchev–Trinajstić information content (AvgIpc) is 2.51. The molecule has 0 radical (unpaired) electrons. The number of rotatable bonds is 10. The zero-order chi connectivity index (χ0) is 19.0. The van der Waals surface area contributed by atoms with Crippen molar-refractivity contribution in [1.29, 1.82) is 0 Å². The molecule has 0 heterocycles. The zero-order valence-electron chi connectivity index (χ0n) is 15.2. The van der Waals surface area contributed by atoms with E-state index >= 15 is 0 Å². The topological polar surface area (TPSA) is 87.7 Å². The van der Waals surface area contributed by atoms with Gasteiger partial charge in [0, 0.05) is 24.7 Å². The number of nitrogens with one attached hydrogen (secondary N) is 2. The maximum Gasteiger partial charge on any atom is 0.224 e. The molecule has 1 rings (SSSR count). The van der Waals surface area contributed by atoms with Crippen LogP contribution in [-0.4, -0.2) is 42.1 Å². The van der Waals surface area contributed by atoms with Gasteiger partial charge in [-0.15, -0.1) is 0 Å². The smallest absolute Gasteiger partial charge is 0.224 e. The Balaban J connectivity index is 2.88. The van der Waals surface area contributed by atoms with E-state index in [4.69, 9.17) is 4.74 Å². The predicted octanol–water partition coefficient (Wildman–Crippen LogP) is 2.97. The molecule has 25 heavy (non-hydrogen) atoms. The van der Waals surface area contributed by atoms with Crippen molar-refractivity contribution in [2.75, 3.05) is 18.5 Å². The SMILES string of the molecule is CCCC(=O)Nc1cc(I)c(OC[C@@H](O)CNC(C)C)c(C(C)=O)c1. The van der Waals surface area contributed by atoms with Crippen molar-refractivity contribution < 1.29 is 19.4 Å². The number of benzene rings is 1. The number of Topliss-reactive ketones (excluding diaryl/α,β-unsaturated/α-hetero) is 1. The van der Waals surface area contributed by atoms with E-state index in [9.17, 15) is 14.7 Å². The second-order valence-electron chi connectivity index (χ2n) is 6.22. The third kappa shape index (κ3) is 7.70. The van der Waals surface area contributed by atoms with Gasteiger partial charge < -0.3 is 20.5 Å². The lowest BCUT2D eigenvalue weighted by Crippen LogP contribution is -2.35. The highest BCUT2D eigenvalue weighted by Gasteiger charge is 2.17. The number of hydrogen-bond acceptors (Lipinski definition) is 5. The van der Waals surface area contributed by atoms with Gasteiger partial charge in [0.05, 0.1) is 9.13 Å². The summed E-state index contributed by atoms with van der Waals surface area (Å²) in [5.41, 5.74) is 0.963. The zero-order valence-corrected chi connectivity index (χ0v) is 17.3. The van der Waals surface area contributed by atoms with E-state index < -0.39 is 6.10 Å². The van der Waals surface area contributed by atoms with E-state index in [0.29, 0.717) is 33.5 Å². The number of amides is 1. The maximum atomic E-state index is 12.0. The Morgan fingerprint density at radius 1 is 1.32 bits per heavy atom. The van der Waals surface area contributed by atoms with E-state index in [2.05, 4.69) is 33.2 Å². The van der Waals surface area contributed by atoms with Crippen molar-refractivity contribution in [2.45, 2.75) is 52.7 Å². The fourth-order valence-electron chi connectivity index (χ4n) is 2.13. The molecule has 0 saturated heterocycles. The number of hydrogen-bond donors (Lipinski definition) is 3. The van der Waals surface area contributed by atoms with Gasteiger partial charge in [0.2, 0.25) is 5.91 Å². The Kier molecular flexibility index (Phi) is 9.37. The van der Waals surface area contributed by atoms with E-state index in [1.807, 2.05) is 20.8 Å². The Bertz CT molecular complexity index is 605. The third-order valence-electron chi connectivity index (χ3n) is 3.37. The van der Waals surface area contributed by atoms with Crippen molar-refractivity contribution in [1.82, 2.24) is 5.32 Å². The molecule has 6 nitrogen and oxygen atoms in total. The van der Waals surface area contributed by atoms with Crippen LogP contribution in [0.4, 0.5) is 5.69 Å². The molecule has 0 saturated carbocycles. The van der Waals surface area contributed by atoms with Crippen LogP contribution in [0.15, 0.2) is 12.1 Å². The van der Waals surface area contributed by atoms with Crippen LogP contribution in [0, 0.1) is 3.57 Å². The second-order valence-corrected chi connectivity index (χ2v) is 7.38. The lowest BCUT2D eigenvalue weighted by molar-refractivity contribution is -0.116. The normalized spacial score (nSPS) is 12.1. The molecule has 1 amide bonds. The minimum atomic E-state index is -0.679. The molecule has 1 aromatic carbocycles. The van der Waals surface area contributed by atoms with Crippen LogP contribution in [-0.2, 0) is 4.79 Å². The molecule has 0 aliphatic rings. The molecule has 0 aliphatic carbocycles. The molecule has 0 fully saturated rings. The summed E-state index contributed by atoms with van der Waals surface area (Å²) < 4.78 is 6.41. The van der Waals surface area contributed by atoms with Crippen LogP contribution in [0.1, 0.15) is 50.9 Å². The first-order chi connectivity index (χ1) is 11.7. The van der Waals surface area contributed by atoms with Crippen LogP contribution < -0.4 is 15.4 Å². The summed E-state index contributed by atoms with van der Waals surface area (Å²) in [4.78, 5) is 23.7. The third-order valence-corrected chi connectivity index (χ3v) is 4.17. The Morgan fingerprint density at radius 3 is 2.56 bits per heavy atom. The molecule has 3 N–H and O–H groups in total. The van der Waals surface area contributed by atoms with Gasteiger partial charge in [-0.1, -0.05) is 20.8 Å². The van der Waals surface area contributed by atoms with E-state index in [-0.39, 0.29) is 24.3 Å². The van der Waals surface area contributed by atoms with Gasteiger partial charge in [0.15, 0.2) is 5.78 Å². The first-order valence-corrected chi connectivity index (χ1v) is 9.51. The molecule has 7 heteroatoms. The Morgan fingerprint density at radius 2 is 2.00 bits per heavy atom. The van der Waals surface area contributed by atoms with Gasteiger partial charge in [-0.25, -0.2) is 0 Å². The maximum absolute atomic E-state index is 12.0. The van der Waals surface area contributed by atoms with E-state index in [0.717, 1.165) is 6.42 Å². The summed E-state index contributed by atoms with van der Waals surface area (Å²) in [5, 5.41) is 15.9. The van der Waals surface area contributed by atoms with Gasteiger partial charge in [-0.3, -0.25) is 9.59 Å². The van der Waals surface area contributed by atoms with Crippen LogP contribution in [0.3, 0.4) is 0 Å². The fourth-order valence-corrected chi connectivity index (χ4v) is 2.92. The lowest BCUT2D eigenvalue weighted by atomic mass is 10.1. The van der Waals surface area contributed by atoms with Crippen LogP contribution in [0.25, 0.3) is 0 Å². The summed E-state index contributed by atoms with van der Waals surface area (Å²) in [6.07, 6.45) is 0.507. The number of halogens is 1. The first-order valence-electron chi connectivity index (χ1n) is 8.43. The summed E-state index contributed by atoms with van der Waals surface area (Å²) in [6, 6.07) is 3.65. The van der Waals surface area contributed by atoms with Gasteiger partial charge in [0.25, 0.3) is 0 Å². The van der Waals surface area contributed by atoms with Crippen molar-refractivity contribution >= 4 is 40.0 Å². The van der Waals surface area contributed by atoms with Crippen LogP contribution in [0.2, 0.25) is 0 Å². The first kappa shape index (κ1) is 21.9. The number of carbonyl (C=O) groups excluding carboxylic acids is 2. The highest BCUT2D eigenvalue weighted by molar-refractivity contribution is 14.1. The molecule has 1 atom stereocenters. The molecule has 0 bridgehead atoms. The molecular formula is C18H27IN2O4. The van der Waals surface area contributed by atoms with Gasteiger partial charge in [-0.2, -0.15) is 0 Å². The lowest BCUT2D eigenvalue weighted by Gasteiger charge is -2.18. The number of aliphatic hydroxyl groups is 1. The minimum Gasteiger partial charge on any atom is -0.489 e. The van der Waals surface area contributed by atoms with Crippen molar-refractivity contribution in [3.8, 4) is 5.75 Å². The molecule has 1 aromatic rings. The molecule has 0 aromatic heterocycles. The Labute approximate surface area is 162 Å². The van der Waals surface area contributed by atoms with Crippen LogP contribution >= 0.6 is 22.6 Å². The second kappa shape index (κ2) is 10.7. The number of aliphatic hydroxyl groups excluding tert-OH is 1. The van der Waals surface area contributed by atoms with Gasteiger partial charge in [0.1, 0.15) is 18.5 Å². The van der Waals surface area contributed by atoms with Crippen LogP contribution in [0.5, 0.6) is 5.75 Å². The van der Waals surface area contributed by atoms with E-state index in [1.165, 1.54) is 6.92 Å². The highest BCUT2D eigenvalue weighted by atomic mass is 127. The predicted molar refractivity (Wildman–Crippen MR) is 107 cm³/mol. The molecule has 0 unspecified atom stereocenters. The average molecular weight is 462 g/mol. The summed E-state index contributed by atoms with van der Waals surface area (Å²) in [6.45, 7) is 7.87. The molecule has 0 spiro atoms. The number of ether oxygens (including phenoxy) is 1. The molecule has 140 valence electrons. The molecular weight excluding hydrogens is 435 g/mol. The highest BCUT2D eigenvalue weighted by Crippen LogP contribution is 2.30. The van der Waals surface area contributed by atoms with Crippen molar-refractivity contribution in [2.24, 2.45) is 0 Å². The largest absolute Gasteiger partial charge is 0.489 e. The summed E-state index contributed by atoms with van der Waals surface area (Å²) in [5.74, 6) is 0.191. The van der Waals surface area contributed by atoms with Gasteiger partial charge in [-0.05, 0) is 48.1 Å². The monoisotopic (exact) mass is 462 g/mol. The Hall–Kier alpha value is -1.19. The summed E-state index contributed by atoms with van der Waals surface area (Å²) in [7, 11) is 0. The quantitative estimate of drug-likeness (QED) is 0.368. The number of anilines is 1. The van der Waals surface area contributed by atoms with E-state index in [1.54, 1.807) is 12.1 Å². The molecule has 0 aliphatic heterocycles. The number of ketones is 1. The standard InChI is InChI=1S/C18H27IN2O4/c1-5-6-17(24)21-13-7-15(12(4)22)18(16(19)8-13)25-10-14(23)9-20-11(2)3/h7-8,11,14,20,23H,5-6,9-10H2,1-4H3,(H,21,24)/t14-/m0/s1.